The first-order chi connectivity index (χ1) is 17.3. The third-order valence-electron chi connectivity index (χ3n) is 5.54. The molecule has 0 saturated carbocycles. The number of hydrogen-bond acceptors (Lipinski definition) is 5. The molecule has 0 N–H and O–H groups in total. The molecule has 0 saturated heterocycles. The van der Waals surface area contributed by atoms with Crippen LogP contribution in [0, 0.1) is 11.8 Å². The molecule has 0 amide bonds. The summed E-state index contributed by atoms with van der Waals surface area (Å²) in [6, 6.07) is 29.7. The fourth-order valence-corrected chi connectivity index (χ4v) is 3.68. The molecule has 0 spiro atoms. The van der Waals surface area contributed by atoms with Gasteiger partial charge in [0.1, 0.15) is 18.2 Å². The fourth-order valence-electron chi connectivity index (χ4n) is 3.68. The van der Waals surface area contributed by atoms with Crippen LogP contribution in [0.3, 0.4) is 0 Å². The summed E-state index contributed by atoms with van der Waals surface area (Å²) < 4.78 is 6.00. The number of fused-ring (bicyclic) bond motifs is 1. The van der Waals surface area contributed by atoms with Gasteiger partial charge in [-0.15, -0.1) is 0 Å². The van der Waals surface area contributed by atoms with E-state index in [1.165, 1.54) is 0 Å². The molecule has 5 nitrogen and oxygen atoms in total. The van der Waals surface area contributed by atoms with E-state index in [0.717, 1.165) is 39.2 Å². The van der Waals surface area contributed by atoms with Gasteiger partial charge in [0.25, 0.3) is 0 Å². The number of pyridine rings is 1. The highest BCUT2D eigenvalue weighted by Gasteiger charge is 2.13. The van der Waals surface area contributed by atoms with Gasteiger partial charge in [0, 0.05) is 41.5 Å². The average Bonchev–Trinajstić information content (AvgIpc) is 2.93. The van der Waals surface area contributed by atoms with E-state index in [9.17, 15) is 0 Å². The molecule has 0 aliphatic rings. The van der Waals surface area contributed by atoms with E-state index >= 15 is 0 Å². The molecule has 170 valence electrons. The summed E-state index contributed by atoms with van der Waals surface area (Å²) in [4.78, 5) is 15.9. The third-order valence-corrected chi connectivity index (χ3v) is 5.54. The van der Waals surface area contributed by atoms with Crippen molar-refractivity contribution in [2.45, 2.75) is 0 Å². The van der Waals surface area contributed by atoms with Crippen LogP contribution < -0.4 is 9.64 Å². The number of rotatable bonds is 6. The lowest BCUT2D eigenvalue weighted by Gasteiger charge is -2.21. The van der Waals surface area contributed by atoms with Crippen molar-refractivity contribution in [3.8, 4) is 29.0 Å². The van der Waals surface area contributed by atoms with Crippen molar-refractivity contribution < 1.29 is 4.74 Å². The first-order valence-corrected chi connectivity index (χ1v) is 11.4. The van der Waals surface area contributed by atoms with Crippen LogP contribution in [-0.4, -0.2) is 35.2 Å². The number of benzene rings is 3. The zero-order chi connectivity index (χ0) is 23.9. The molecule has 5 heteroatoms. The molecule has 5 rings (SSSR count). The number of hydrogen-bond donors (Lipinski definition) is 0. The van der Waals surface area contributed by atoms with Crippen LogP contribution in [0.4, 0.5) is 5.82 Å². The maximum absolute atomic E-state index is 6.00. The Kier molecular flexibility index (Phi) is 6.63. The number of aromatic nitrogens is 3. The predicted molar refractivity (Wildman–Crippen MR) is 140 cm³/mol. The molecular weight excluding hydrogens is 432 g/mol. The molecule has 0 fully saturated rings. The first kappa shape index (κ1) is 22.1. The second-order valence-electron chi connectivity index (χ2n) is 8.04. The van der Waals surface area contributed by atoms with Crippen LogP contribution in [0.2, 0.25) is 0 Å². The van der Waals surface area contributed by atoms with Gasteiger partial charge >= 0.3 is 0 Å². The van der Waals surface area contributed by atoms with Crippen LogP contribution in [0.25, 0.3) is 22.3 Å². The van der Waals surface area contributed by atoms with Gasteiger partial charge in [-0.1, -0.05) is 42.2 Å². The summed E-state index contributed by atoms with van der Waals surface area (Å²) in [5.41, 5.74) is 3.74. The number of likely N-dealkylation sites (N-methyl/N-ethyl adjacent to an activating group) is 1. The number of ether oxygens (including phenoxy) is 1. The van der Waals surface area contributed by atoms with Crippen LogP contribution in [0.1, 0.15) is 11.1 Å². The van der Waals surface area contributed by atoms with Gasteiger partial charge in [0.05, 0.1) is 12.1 Å². The first-order valence-electron chi connectivity index (χ1n) is 11.4. The van der Waals surface area contributed by atoms with Crippen LogP contribution in [-0.2, 0) is 0 Å². The fraction of sp³-hybridized carbons (Fsp3) is 0.100. The summed E-state index contributed by atoms with van der Waals surface area (Å²) in [5, 5.41) is 1.00. The second kappa shape index (κ2) is 10.5. The van der Waals surface area contributed by atoms with Crippen LogP contribution >= 0.6 is 0 Å². The van der Waals surface area contributed by atoms with Gasteiger partial charge in [0.2, 0.25) is 0 Å². The molecule has 0 radical (unpaired) electrons. The Balaban J connectivity index is 1.26. The number of nitrogens with zero attached hydrogens (tertiary/aromatic N) is 4. The van der Waals surface area contributed by atoms with E-state index in [-0.39, 0.29) is 0 Å². The Labute approximate surface area is 205 Å². The van der Waals surface area contributed by atoms with Crippen molar-refractivity contribution in [3.05, 3.63) is 115 Å². The van der Waals surface area contributed by atoms with Crippen LogP contribution in [0.5, 0.6) is 5.75 Å². The molecule has 0 aliphatic heterocycles. The van der Waals surface area contributed by atoms with Gasteiger partial charge < -0.3 is 9.64 Å². The molecule has 0 aliphatic carbocycles. The highest BCUT2D eigenvalue weighted by molar-refractivity contribution is 5.90. The SMILES string of the molecule is CN(CCOc1ccc(C#Cc2ccccc2)cc1)c1nc(-c2cccnc2)nc2ccccc12. The summed E-state index contributed by atoms with van der Waals surface area (Å²) in [7, 11) is 2.02. The van der Waals surface area contributed by atoms with Gasteiger partial charge in [-0.05, 0) is 60.7 Å². The largest absolute Gasteiger partial charge is 0.492 e. The lowest BCUT2D eigenvalue weighted by Crippen LogP contribution is -2.25. The van der Waals surface area contributed by atoms with E-state index in [1.54, 1.807) is 12.4 Å². The normalized spacial score (nSPS) is 10.4. The molecule has 35 heavy (non-hydrogen) atoms. The van der Waals surface area contributed by atoms with E-state index in [0.29, 0.717) is 19.0 Å². The van der Waals surface area contributed by atoms with Crippen molar-refractivity contribution in [3.63, 3.8) is 0 Å². The van der Waals surface area contributed by atoms with Crippen molar-refractivity contribution in [1.82, 2.24) is 15.0 Å². The van der Waals surface area contributed by atoms with E-state index < -0.39 is 0 Å². The molecular formula is C30H24N4O. The van der Waals surface area contributed by atoms with E-state index in [4.69, 9.17) is 14.7 Å². The molecule has 5 aromatic rings. The summed E-state index contributed by atoms with van der Waals surface area (Å²) >= 11 is 0. The summed E-state index contributed by atoms with van der Waals surface area (Å²) in [5.74, 6) is 8.70. The standard InChI is InChI=1S/C30H24N4O/c1-34(20-21-35-26-17-15-24(16-18-26)14-13-23-8-3-2-4-9-23)30-27-11-5-6-12-28(27)32-29(33-30)25-10-7-19-31-22-25/h2-12,15-19,22H,20-21H2,1H3. The zero-order valence-electron chi connectivity index (χ0n) is 19.4. The summed E-state index contributed by atoms with van der Waals surface area (Å²) in [6.07, 6.45) is 3.53. The molecule has 3 aromatic carbocycles. The minimum Gasteiger partial charge on any atom is -0.492 e. The lowest BCUT2D eigenvalue weighted by atomic mass is 10.2. The van der Waals surface area contributed by atoms with E-state index in [1.807, 2.05) is 98.0 Å². The van der Waals surface area contributed by atoms with Gasteiger partial charge in [-0.3, -0.25) is 4.98 Å². The average molecular weight is 457 g/mol. The second-order valence-corrected chi connectivity index (χ2v) is 8.04. The van der Waals surface area contributed by atoms with Crippen molar-refractivity contribution in [1.29, 1.82) is 0 Å². The van der Waals surface area contributed by atoms with Gasteiger partial charge in [-0.25, -0.2) is 9.97 Å². The minimum absolute atomic E-state index is 0.520. The maximum Gasteiger partial charge on any atom is 0.163 e. The number of para-hydroxylation sites is 1. The quantitative estimate of drug-likeness (QED) is 0.311. The maximum atomic E-state index is 6.00. The van der Waals surface area contributed by atoms with Crippen molar-refractivity contribution in [2.24, 2.45) is 0 Å². The highest BCUT2D eigenvalue weighted by atomic mass is 16.5. The Morgan fingerprint density at radius 2 is 1.51 bits per heavy atom. The Morgan fingerprint density at radius 1 is 0.771 bits per heavy atom. The van der Waals surface area contributed by atoms with Crippen LogP contribution in [0.15, 0.2) is 103 Å². The predicted octanol–water partition coefficient (Wildman–Crippen LogP) is 5.61. The minimum atomic E-state index is 0.520. The monoisotopic (exact) mass is 456 g/mol. The summed E-state index contributed by atoms with van der Waals surface area (Å²) in [6.45, 7) is 1.19. The molecule has 0 unspecified atom stereocenters. The smallest absolute Gasteiger partial charge is 0.163 e. The van der Waals surface area contributed by atoms with Gasteiger partial charge in [-0.2, -0.15) is 0 Å². The Morgan fingerprint density at radius 3 is 2.29 bits per heavy atom. The lowest BCUT2D eigenvalue weighted by molar-refractivity contribution is 0.326. The molecule has 0 atom stereocenters. The van der Waals surface area contributed by atoms with E-state index in [2.05, 4.69) is 21.7 Å². The molecule has 0 bridgehead atoms. The van der Waals surface area contributed by atoms with Gasteiger partial charge in [0.15, 0.2) is 5.82 Å². The Bertz CT molecular complexity index is 1470. The number of anilines is 1. The zero-order valence-corrected chi connectivity index (χ0v) is 19.4. The highest BCUT2D eigenvalue weighted by Crippen LogP contribution is 2.26. The topological polar surface area (TPSA) is 51.1 Å². The molecule has 2 aromatic heterocycles. The molecule has 2 heterocycles. The third kappa shape index (κ3) is 5.45. The Hall–Kier alpha value is -4.69. The van der Waals surface area contributed by atoms with Crippen molar-refractivity contribution >= 4 is 16.7 Å². The van der Waals surface area contributed by atoms with Crippen molar-refractivity contribution in [2.75, 3.05) is 25.1 Å².